The summed E-state index contributed by atoms with van der Waals surface area (Å²) in [6, 6.07) is 5.07. The van der Waals surface area contributed by atoms with E-state index in [0.717, 1.165) is 17.3 Å². The lowest BCUT2D eigenvalue weighted by Crippen LogP contribution is -2.31. The zero-order chi connectivity index (χ0) is 17.4. The zero-order valence-corrected chi connectivity index (χ0v) is 13.2. The maximum atomic E-state index is 13.8. The van der Waals surface area contributed by atoms with Crippen LogP contribution in [-0.4, -0.2) is 21.4 Å². The second-order valence-corrected chi connectivity index (χ2v) is 5.96. The van der Waals surface area contributed by atoms with Gasteiger partial charge in [-0.15, -0.1) is 0 Å². The highest BCUT2D eigenvalue weighted by Crippen LogP contribution is 2.23. The maximum absolute atomic E-state index is 13.8. The van der Waals surface area contributed by atoms with Gasteiger partial charge in [-0.25, -0.2) is 23.1 Å². The van der Waals surface area contributed by atoms with E-state index >= 15 is 0 Å². The van der Waals surface area contributed by atoms with Gasteiger partial charge in [0.2, 0.25) is 0 Å². The van der Waals surface area contributed by atoms with Crippen LogP contribution in [0.1, 0.15) is 16.8 Å². The fraction of sp³-hybridized carbons (Fsp3) is 0.222. The molecule has 0 aliphatic carbocycles. The van der Waals surface area contributed by atoms with Gasteiger partial charge >= 0.3 is 0 Å². The number of hydrogen-bond acceptors (Lipinski definition) is 4. The van der Waals surface area contributed by atoms with Crippen LogP contribution in [0.3, 0.4) is 0 Å². The Hall–Kier alpha value is -2.67. The fourth-order valence-electron chi connectivity index (χ4n) is 2.96. The standard InChI is InChI=1S/C18H14F3N3O/c19-13-7-15(21)14(20)6-11(13)9-24-4-3-16-12(10-24)8-22-18(23-16)17-2-1-5-25-17/h1-2,5-8H,3-4,9-10H2. The highest BCUT2D eigenvalue weighted by atomic mass is 19.2. The summed E-state index contributed by atoms with van der Waals surface area (Å²) in [5.74, 6) is -1.82. The molecule has 0 atom stereocenters. The molecule has 1 aliphatic heterocycles. The molecule has 1 aromatic carbocycles. The maximum Gasteiger partial charge on any atom is 0.195 e. The molecule has 0 saturated heterocycles. The predicted molar refractivity (Wildman–Crippen MR) is 83.9 cm³/mol. The molecule has 3 aromatic rings. The van der Waals surface area contributed by atoms with E-state index in [0.29, 0.717) is 37.2 Å². The Morgan fingerprint density at radius 2 is 1.96 bits per heavy atom. The molecule has 0 amide bonds. The van der Waals surface area contributed by atoms with Crippen molar-refractivity contribution in [3.8, 4) is 11.6 Å². The van der Waals surface area contributed by atoms with Gasteiger partial charge in [-0.3, -0.25) is 4.90 Å². The molecule has 0 unspecified atom stereocenters. The molecule has 128 valence electrons. The summed E-state index contributed by atoms with van der Waals surface area (Å²) in [6.07, 6.45) is 3.96. The first kappa shape index (κ1) is 15.8. The van der Waals surface area contributed by atoms with E-state index in [9.17, 15) is 13.2 Å². The van der Waals surface area contributed by atoms with E-state index in [2.05, 4.69) is 9.97 Å². The molecule has 25 heavy (non-hydrogen) atoms. The van der Waals surface area contributed by atoms with E-state index in [1.165, 1.54) is 0 Å². The lowest BCUT2D eigenvalue weighted by Gasteiger charge is -2.28. The van der Waals surface area contributed by atoms with Crippen molar-refractivity contribution < 1.29 is 17.6 Å². The number of furan rings is 1. The molecule has 0 radical (unpaired) electrons. The molecule has 4 nitrogen and oxygen atoms in total. The monoisotopic (exact) mass is 345 g/mol. The van der Waals surface area contributed by atoms with Gasteiger partial charge in [0, 0.05) is 49.4 Å². The highest BCUT2D eigenvalue weighted by Gasteiger charge is 2.21. The highest BCUT2D eigenvalue weighted by molar-refractivity contribution is 5.47. The molecule has 2 aromatic heterocycles. The zero-order valence-electron chi connectivity index (χ0n) is 13.2. The average molecular weight is 345 g/mol. The van der Waals surface area contributed by atoms with E-state index in [4.69, 9.17) is 4.42 Å². The molecular weight excluding hydrogens is 331 g/mol. The van der Waals surface area contributed by atoms with Crippen LogP contribution in [0.5, 0.6) is 0 Å². The van der Waals surface area contributed by atoms with Crippen molar-refractivity contribution in [2.24, 2.45) is 0 Å². The van der Waals surface area contributed by atoms with Crippen LogP contribution in [-0.2, 0) is 19.5 Å². The molecule has 7 heteroatoms. The first-order chi connectivity index (χ1) is 12.1. The van der Waals surface area contributed by atoms with Gasteiger partial charge in [-0.2, -0.15) is 0 Å². The Morgan fingerprint density at radius 1 is 1.12 bits per heavy atom. The van der Waals surface area contributed by atoms with E-state index in [1.807, 2.05) is 4.90 Å². The van der Waals surface area contributed by atoms with Gasteiger partial charge < -0.3 is 4.42 Å². The molecular formula is C18H14F3N3O. The minimum Gasteiger partial charge on any atom is -0.461 e. The number of hydrogen-bond donors (Lipinski definition) is 0. The predicted octanol–water partition coefficient (Wildman–Crippen LogP) is 3.71. The van der Waals surface area contributed by atoms with Crippen molar-refractivity contribution in [1.82, 2.24) is 14.9 Å². The number of benzene rings is 1. The number of aromatic nitrogens is 2. The van der Waals surface area contributed by atoms with E-state index in [-0.39, 0.29) is 12.1 Å². The SMILES string of the molecule is Fc1cc(F)c(CN2CCc3nc(-c4ccco4)ncc3C2)cc1F. The minimum atomic E-state index is -1.18. The van der Waals surface area contributed by atoms with Gasteiger partial charge in [0.25, 0.3) is 0 Å². The second-order valence-electron chi connectivity index (χ2n) is 5.96. The summed E-state index contributed by atoms with van der Waals surface area (Å²) in [6.45, 7) is 1.36. The van der Waals surface area contributed by atoms with Crippen LogP contribution in [0.4, 0.5) is 13.2 Å². The third-order valence-corrected chi connectivity index (χ3v) is 4.24. The lowest BCUT2D eigenvalue weighted by molar-refractivity contribution is 0.239. The topological polar surface area (TPSA) is 42.2 Å². The first-order valence-electron chi connectivity index (χ1n) is 7.84. The van der Waals surface area contributed by atoms with Crippen molar-refractivity contribution in [3.63, 3.8) is 0 Å². The smallest absolute Gasteiger partial charge is 0.195 e. The van der Waals surface area contributed by atoms with Crippen molar-refractivity contribution in [2.75, 3.05) is 6.54 Å². The molecule has 1 aliphatic rings. The molecule has 0 fully saturated rings. The minimum absolute atomic E-state index is 0.135. The summed E-state index contributed by atoms with van der Waals surface area (Å²) >= 11 is 0. The van der Waals surface area contributed by atoms with E-state index in [1.54, 1.807) is 24.6 Å². The normalized spacial score (nSPS) is 14.5. The molecule has 0 N–H and O–H groups in total. The van der Waals surface area contributed by atoms with Crippen LogP contribution >= 0.6 is 0 Å². The first-order valence-corrected chi connectivity index (χ1v) is 7.84. The summed E-state index contributed by atoms with van der Waals surface area (Å²) in [5.41, 5.74) is 1.99. The van der Waals surface area contributed by atoms with E-state index < -0.39 is 17.5 Å². The Bertz CT molecular complexity index is 912. The largest absolute Gasteiger partial charge is 0.461 e. The molecule has 0 saturated carbocycles. The summed E-state index contributed by atoms with van der Waals surface area (Å²) in [5, 5.41) is 0. The number of nitrogens with zero attached hydrogens (tertiary/aromatic N) is 3. The Labute approximate surface area is 141 Å². The van der Waals surface area contributed by atoms with Gasteiger partial charge in [0.1, 0.15) is 5.82 Å². The van der Waals surface area contributed by atoms with Crippen LogP contribution in [0, 0.1) is 17.5 Å². The lowest BCUT2D eigenvalue weighted by atomic mass is 10.1. The van der Waals surface area contributed by atoms with Gasteiger partial charge in [0.05, 0.1) is 12.0 Å². The average Bonchev–Trinajstić information content (AvgIpc) is 3.14. The van der Waals surface area contributed by atoms with Crippen molar-refractivity contribution in [2.45, 2.75) is 19.5 Å². The van der Waals surface area contributed by atoms with Crippen molar-refractivity contribution in [1.29, 1.82) is 0 Å². The van der Waals surface area contributed by atoms with Crippen molar-refractivity contribution >= 4 is 0 Å². The van der Waals surface area contributed by atoms with Gasteiger partial charge in [-0.1, -0.05) is 0 Å². The van der Waals surface area contributed by atoms with Crippen LogP contribution in [0.25, 0.3) is 11.6 Å². The van der Waals surface area contributed by atoms with Crippen LogP contribution < -0.4 is 0 Å². The number of fused-ring (bicyclic) bond motifs is 1. The molecule has 0 bridgehead atoms. The van der Waals surface area contributed by atoms with Crippen LogP contribution in [0.15, 0.2) is 41.1 Å². The second kappa shape index (κ2) is 6.33. The summed E-state index contributed by atoms with van der Waals surface area (Å²) in [4.78, 5) is 10.8. The molecule has 3 heterocycles. The Kier molecular flexibility index (Phi) is 4.01. The summed E-state index contributed by atoms with van der Waals surface area (Å²) < 4.78 is 45.5. The Balaban J connectivity index is 1.53. The third-order valence-electron chi connectivity index (χ3n) is 4.24. The van der Waals surface area contributed by atoms with Crippen LogP contribution in [0.2, 0.25) is 0 Å². The van der Waals surface area contributed by atoms with Gasteiger partial charge in [0.15, 0.2) is 23.2 Å². The number of rotatable bonds is 3. The van der Waals surface area contributed by atoms with Gasteiger partial charge in [-0.05, 0) is 18.2 Å². The third kappa shape index (κ3) is 3.15. The Morgan fingerprint density at radius 3 is 2.76 bits per heavy atom. The quantitative estimate of drug-likeness (QED) is 0.679. The fourth-order valence-corrected chi connectivity index (χ4v) is 2.96. The summed E-state index contributed by atoms with van der Waals surface area (Å²) in [7, 11) is 0. The molecule has 4 rings (SSSR count). The molecule has 0 spiro atoms. The van der Waals surface area contributed by atoms with Crippen molar-refractivity contribution in [3.05, 3.63) is 71.0 Å². The number of halogens is 3.